The number of allylic oxidation sites excluding steroid dienone is 4. The Labute approximate surface area is 345 Å². The van der Waals surface area contributed by atoms with Crippen LogP contribution in [0.4, 0.5) is 11.4 Å². The van der Waals surface area contributed by atoms with Crippen molar-refractivity contribution < 1.29 is 68.0 Å². The normalized spacial score (nSPS) is 17.2. The molecule has 0 fully saturated rings. The van der Waals surface area contributed by atoms with Gasteiger partial charge in [0.25, 0.3) is 20.2 Å². The number of hydrogen-bond acceptors (Lipinski definition) is 13. The van der Waals surface area contributed by atoms with Gasteiger partial charge in [-0.2, -0.15) is 21.4 Å². The Kier molecular flexibility index (Phi) is 12.0. The lowest BCUT2D eigenvalue weighted by molar-refractivity contribution is -0.438. The summed E-state index contributed by atoms with van der Waals surface area (Å²) >= 11 is 0.522. The Hall–Kier alpha value is -4.22. The molecule has 4 N–H and O–H groups in total. The van der Waals surface area contributed by atoms with Crippen LogP contribution in [-0.4, -0.2) is 78.6 Å². The van der Waals surface area contributed by atoms with Crippen LogP contribution in [0.3, 0.4) is 0 Å². The fraction of sp³-hybridized carbons (Fsp3) is 0.333. The molecule has 16 nitrogen and oxygen atoms in total. The number of fused-ring (bicyclic) bond motifs is 6. The lowest BCUT2D eigenvalue weighted by atomic mass is 9.78. The monoisotopic (exact) mass is 890 g/mol. The minimum Gasteiger partial charge on any atom is -0.744 e. The van der Waals surface area contributed by atoms with Crippen LogP contribution in [-0.2, 0) is 55.4 Å². The first-order chi connectivity index (χ1) is 27.4. The van der Waals surface area contributed by atoms with Gasteiger partial charge in [-0.05, 0) is 97.8 Å². The van der Waals surface area contributed by atoms with Crippen molar-refractivity contribution in [3.05, 3.63) is 83.6 Å². The molecule has 2 heterocycles. The van der Waals surface area contributed by atoms with Gasteiger partial charge in [0.2, 0.25) is 5.69 Å². The van der Waals surface area contributed by atoms with Gasteiger partial charge in [0.15, 0.2) is 5.71 Å². The zero-order valence-corrected chi connectivity index (χ0v) is 35.8. The summed E-state index contributed by atoms with van der Waals surface area (Å²) in [6.45, 7) is 10.5. The van der Waals surface area contributed by atoms with E-state index in [9.17, 15) is 48.8 Å². The molecule has 0 bridgehead atoms. The number of hydrogen-bond donors (Lipinski definition) is 4. The van der Waals surface area contributed by atoms with Gasteiger partial charge < -0.3 is 14.6 Å². The number of rotatable bonds is 15. The molecule has 0 atom stereocenters. The van der Waals surface area contributed by atoms with Crippen LogP contribution in [0.5, 0.6) is 0 Å². The first-order valence-corrected chi connectivity index (χ1v) is 23.3. The van der Waals surface area contributed by atoms with E-state index in [1.807, 2.05) is 57.4 Å². The zero-order valence-electron chi connectivity index (χ0n) is 32.5. The molecule has 20 heteroatoms. The highest BCUT2D eigenvalue weighted by Crippen LogP contribution is 2.52. The van der Waals surface area contributed by atoms with Gasteiger partial charge in [0.05, 0.1) is 27.2 Å². The lowest BCUT2D eigenvalue weighted by Crippen LogP contribution is -2.28. The topological polar surface area (TPSA) is 248 Å². The van der Waals surface area contributed by atoms with E-state index in [1.165, 1.54) is 12.1 Å². The summed E-state index contributed by atoms with van der Waals surface area (Å²) in [5.41, 5.74) is 2.46. The summed E-state index contributed by atoms with van der Waals surface area (Å²) in [4.78, 5) is 11.6. The molecule has 0 aliphatic carbocycles. The van der Waals surface area contributed by atoms with Gasteiger partial charge >= 0.3 is 5.97 Å². The largest absolute Gasteiger partial charge is 0.744 e. The van der Waals surface area contributed by atoms with Crippen LogP contribution in [0.2, 0.25) is 0 Å². The third kappa shape index (κ3) is 8.30. The van der Waals surface area contributed by atoms with Gasteiger partial charge in [-0.3, -0.25) is 13.9 Å². The average molecular weight is 891 g/mol. The highest BCUT2D eigenvalue weighted by atomic mass is 32.2. The molecule has 0 saturated heterocycles. The third-order valence-corrected chi connectivity index (χ3v) is 14.1. The molecule has 0 saturated carbocycles. The van der Waals surface area contributed by atoms with Gasteiger partial charge in [-0.15, -0.1) is 4.33 Å². The van der Waals surface area contributed by atoms with E-state index in [2.05, 4.69) is 14.3 Å². The van der Waals surface area contributed by atoms with Crippen molar-refractivity contribution >= 4 is 87.0 Å². The molecule has 4 aromatic carbocycles. The maximum atomic E-state index is 12.6. The van der Waals surface area contributed by atoms with Crippen molar-refractivity contribution in [1.29, 1.82) is 0 Å². The molecular formula is C39H42N2O14S4. The number of likely N-dealkylation sites (N-methyl/N-ethyl adjacent to an activating group) is 1. The number of carboxylic acids is 1. The van der Waals surface area contributed by atoms with E-state index in [4.69, 9.17) is 5.26 Å². The molecule has 0 amide bonds. The Bertz CT molecular complexity index is 2850. The van der Waals surface area contributed by atoms with E-state index in [0.717, 1.165) is 28.7 Å². The second kappa shape index (κ2) is 16.0. The molecule has 6 rings (SSSR count). The number of carboxylic acid groups (broad SMARTS) is 1. The second-order valence-electron chi connectivity index (χ2n) is 15.2. The number of anilines is 1. The van der Waals surface area contributed by atoms with Crippen LogP contribution in [0.1, 0.15) is 71.4 Å². The smallest absolute Gasteiger partial charge is 0.303 e. The van der Waals surface area contributed by atoms with E-state index in [-0.39, 0.29) is 27.5 Å². The fourth-order valence-corrected chi connectivity index (χ4v) is 11.1. The maximum Gasteiger partial charge on any atom is 0.303 e. The summed E-state index contributed by atoms with van der Waals surface area (Å²) in [6.07, 6.45) is 7.19. The van der Waals surface area contributed by atoms with E-state index in [1.54, 1.807) is 24.3 Å². The van der Waals surface area contributed by atoms with Crippen molar-refractivity contribution in [3.63, 3.8) is 0 Å². The predicted octanol–water partition coefficient (Wildman–Crippen LogP) is 7.10. The lowest BCUT2D eigenvalue weighted by Gasteiger charge is -2.26. The highest BCUT2D eigenvalue weighted by molar-refractivity contribution is 7.94. The number of carbonyl (C=O) groups is 1. The molecular weight excluding hydrogens is 849 g/mol. The van der Waals surface area contributed by atoms with Crippen molar-refractivity contribution in [2.75, 3.05) is 18.0 Å². The van der Waals surface area contributed by atoms with Gasteiger partial charge in [0, 0.05) is 64.2 Å². The summed E-state index contributed by atoms with van der Waals surface area (Å²) < 4.78 is 114. The quantitative estimate of drug-likeness (QED) is 0.0232. The van der Waals surface area contributed by atoms with Crippen molar-refractivity contribution in [3.8, 4) is 0 Å². The first-order valence-electron chi connectivity index (χ1n) is 18.3. The minimum absolute atomic E-state index is 0.00596. The minimum atomic E-state index is -4.96. The number of aliphatic carboxylic acids is 1. The fourth-order valence-electron chi connectivity index (χ4n) is 8.48. The Morgan fingerprint density at radius 2 is 1.51 bits per heavy atom. The standard InChI is InChI=1S/C39H42N2O14S4/c1-6-40-29-16-14-25-27(19-23(56-55-54-44)20-31(25)58(48,49)50)36(29)38(2,3)33(40)11-10-12-34-39(4,5)37-28-21-24(57(45,46)47)22-32(59(51,52)53)26(28)15-17-30(37)41(34)18-9-7-8-13-35(42)43/h10-12,14-17,19-22H,6-9,13,18H2,1-5H3,(H4-,42,43,44,45,46,47,48,49,50,51,52,53). The number of nitrogens with zero attached hydrogens (tertiary/aromatic N) is 2. The third-order valence-electron chi connectivity index (χ3n) is 10.9. The van der Waals surface area contributed by atoms with Crippen molar-refractivity contribution in [2.24, 2.45) is 0 Å². The predicted molar refractivity (Wildman–Crippen MR) is 218 cm³/mol. The first kappa shape index (κ1) is 44.3. The molecule has 0 unspecified atom stereocenters. The molecule has 0 radical (unpaired) electrons. The molecule has 2 aliphatic rings. The maximum absolute atomic E-state index is 12.6. The van der Waals surface area contributed by atoms with Crippen molar-refractivity contribution in [1.82, 2.24) is 0 Å². The van der Waals surface area contributed by atoms with Crippen LogP contribution in [0, 0.1) is 0 Å². The summed E-state index contributed by atoms with van der Waals surface area (Å²) in [7, 11) is -14.8. The van der Waals surface area contributed by atoms with Gasteiger partial charge in [0.1, 0.15) is 21.6 Å². The van der Waals surface area contributed by atoms with Crippen LogP contribution in [0.15, 0.2) is 92.0 Å². The SMILES string of the molecule is CCN1C(=CC=CC2=[N+](CCCCCC(=O)O)c3ccc4c(S(=O)(=O)O)cc(S(=O)(=O)O)cc4c3C2(C)C)C(C)(C)c2c1ccc1c(S(=O)(=O)[O-])cc(SOOO)cc21. The molecule has 0 spiro atoms. The zero-order chi connectivity index (χ0) is 43.5. The van der Waals surface area contributed by atoms with Crippen LogP contribution in [0.25, 0.3) is 21.5 Å². The summed E-state index contributed by atoms with van der Waals surface area (Å²) in [5.74, 6) is -0.914. The van der Waals surface area contributed by atoms with Crippen molar-refractivity contribution in [2.45, 2.75) is 90.7 Å². The number of benzene rings is 4. The molecule has 4 aromatic rings. The van der Waals surface area contributed by atoms with E-state index < -0.39 is 61.8 Å². The highest BCUT2D eigenvalue weighted by Gasteiger charge is 2.46. The van der Waals surface area contributed by atoms with Crippen LogP contribution >= 0.6 is 12.0 Å². The molecule has 2 aliphatic heterocycles. The summed E-state index contributed by atoms with van der Waals surface area (Å²) in [6, 6.07) is 11.2. The Balaban J connectivity index is 1.52. The Morgan fingerprint density at radius 3 is 2.12 bits per heavy atom. The van der Waals surface area contributed by atoms with E-state index in [0.29, 0.717) is 67.1 Å². The number of unbranched alkanes of at least 4 members (excludes halogenated alkanes) is 2. The molecule has 0 aromatic heterocycles. The van der Waals surface area contributed by atoms with E-state index >= 15 is 0 Å². The van der Waals surface area contributed by atoms with Gasteiger partial charge in [-0.25, -0.2) is 13.7 Å². The Morgan fingerprint density at radius 1 is 0.847 bits per heavy atom. The molecule has 316 valence electrons. The summed E-state index contributed by atoms with van der Waals surface area (Å²) in [5, 5.41) is 22.5. The van der Waals surface area contributed by atoms with Gasteiger partial charge in [-0.1, -0.05) is 31.0 Å². The average Bonchev–Trinajstić information content (AvgIpc) is 3.49. The van der Waals surface area contributed by atoms with Crippen LogP contribution < -0.4 is 4.90 Å². The second-order valence-corrected chi connectivity index (χ2v) is 20.2. The molecule has 59 heavy (non-hydrogen) atoms.